The summed E-state index contributed by atoms with van der Waals surface area (Å²) in [7, 11) is -1.44. The number of anilines is 1. The van der Waals surface area contributed by atoms with Crippen LogP contribution in [-0.4, -0.2) is 37.7 Å². The van der Waals surface area contributed by atoms with Crippen LogP contribution in [0.3, 0.4) is 0 Å². The zero-order valence-electron chi connectivity index (χ0n) is 11.6. The molecule has 5 nitrogen and oxygen atoms in total. The fourth-order valence-corrected chi connectivity index (χ4v) is 2.28. The molecule has 0 saturated carbocycles. The van der Waals surface area contributed by atoms with Gasteiger partial charge in [0.25, 0.3) is 0 Å². The zero-order valence-corrected chi connectivity index (χ0v) is 12.5. The molecule has 0 aliphatic rings. The molecule has 1 unspecified atom stereocenters. The Morgan fingerprint density at radius 2 is 2.00 bits per heavy atom. The SMILES string of the molecule is CCCC(C)N(C)c1cc(C)nc(S(C)(=O)=O)n1. The van der Waals surface area contributed by atoms with Gasteiger partial charge in [0.1, 0.15) is 5.82 Å². The van der Waals surface area contributed by atoms with Crippen LogP contribution in [-0.2, 0) is 9.84 Å². The van der Waals surface area contributed by atoms with Crippen molar-refractivity contribution in [2.24, 2.45) is 0 Å². The van der Waals surface area contributed by atoms with E-state index in [2.05, 4.69) is 23.8 Å². The van der Waals surface area contributed by atoms with Crippen molar-refractivity contribution in [1.29, 1.82) is 0 Å². The lowest BCUT2D eigenvalue weighted by Gasteiger charge is -2.26. The number of hydrogen-bond acceptors (Lipinski definition) is 5. The van der Waals surface area contributed by atoms with Gasteiger partial charge in [-0.25, -0.2) is 18.4 Å². The molecule has 1 aromatic rings. The van der Waals surface area contributed by atoms with Crippen molar-refractivity contribution in [2.75, 3.05) is 18.2 Å². The fraction of sp³-hybridized carbons (Fsp3) is 0.667. The molecule has 0 radical (unpaired) electrons. The van der Waals surface area contributed by atoms with Crippen LogP contribution in [0.25, 0.3) is 0 Å². The monoisotopic (exact) mass is 271 g/mol. The topological polar surface area (TPSA) is 63.2 Å². The van der Waals surface area contributed by atoms with Crippen LogP contribution in [0.4, 0.5) is 5.82 Å². The normalized spacial score (nSPS) is 13.4. The number of nitrogens with zero attached hydrogens (tertiary/aromatic N) is 3. The minimum atomic E-state index is -3.37. The molecule has 0 spiro atoms. The predicted molar refractivity (Wildman–Crippen MR) is 72.7 cm³/mol. The third-order valence-electron chi connectivity index (χ3n) is 2.88. The molecule has 0 aliphatic carbocycles. The highest BCUT2D eigenvalue weighted by Crippen LogP contribution is 2.17. The Balaban J connectivity index is 3.14. The Kier molecular flexibility index (Phi) is 4.67. The van der Waals surface area contributed by atoms with Crippen LogP contribution >= 0.6 is 0 Å². The number of sulfone groups is 1. The lowest BCUT2D eigenvalue weighted by molar-refractivity contribution is 0.586. The van der Waals surface area contributed by atoms with Gasteiger partial charge in [0.2, 0.25) is 15.0 Å². The Bertz CT molecular complexity index is 514. The van der Waals surface area contributed by atoms with Gasteiger partial charge in [-0.3, -0.25) is 0 Å². The van der Waals surface area contributed by atoms with Crippen molar-refractivity contribution < 1.29 is 8.42 Å². The average Bonchev–Trinajstić information content (AvgIpc) is 2.26. The highest BCUT2D eigenvalue weighted by atomic mass is 32.2. The first kappa shape index (κ1) is 14.9. The molecule has 102 valence electrons. The predicted octanol–water partition coefficient (Wildman–Crippen LogP) is 1.81. The van der Waals surface area contributed by atoms with E-state index in [1.165, 1.54) is 0 Å². The van der Waals surface area contributed by atoms with Gasteiger partial charge < -0.3 is 4.90 Å². The summed E-state index contributed by atoms with van der Waals surface area (Å²) in [6.45, 7) is 6.00. The summed E-state index contributed by atoms with van der Waals surface area (Å²) in [5.74, 6) is 0.656. The van der Waals surface area contributed by atoms with E-state index in [4.69, 9.17) is 0 Å². The molecule has 0 amide bonds. The van der Waals surface area contributed by atoms with Crippen LogP contribution in [0.1, 0.15) is 32.4 Å². The Hall–Kier alpha value is -1.17. The van der Waals surface area contributed by atoms with E-state index in [0.717, 1.165) is 19.1 Å². The Morgan fingerprint density at radius 1 is 1.39 bits per heavy atom. The van der Waals surface area contributed by atoms with Gasteiger partial charge in [-0.15, -0.1) is 0 Å². The molecule has 1 heterocycles. The average molecular weight is 271 g/mol. The quantitative estimate of drug-likeness (QED) is 0.764. The van der Waals surface area contributed by atoms with Crippen LogP contribution < -0.4 is 4.90 Å². The lowest BCUT2D eigenvalue weighted by Crippen LogP contribution is -2.30. The van der Waals surface area contributed by atoms with Crippen molar-refractivity contribution in [1.82, 2.24) is 9.97 Å². The van der Waals surface area contributed by atoms with Crippen LogP contribution in [0.2, 0.25) is 0 Å². The summed E-state index contributed by atoms with van der Waals surface area (Å²) in [6, 6.07) is 2.12. The van der Waals surface area contributed by atoms with Gasteiger partial charge in [0, 0.05) is 31.1 Å². The molecule has 0 aliphatic heterocycles. The van der Waals surface area contributed by atoms with Gasteiger partial charge in [0.05, 0.1) is 0 Å². The second-order valence-electron chi connectivity index (χ2n) is 4.67. The molecule has 0 aromatic carbocycles. The van der Waals surface area contributed by atoms with Crippen molar-refractivity contribution in [3.8, 4) is 0 Å². The molecular formula is C12H21N3O2S. The van der Waals surface area contributed by atoms with Crippen molar-refractivity contribution in [3.63, 3.8) is 0 Å². The summed E-state index contributed by atoms with van der Waals surface area (Å²) < 4.78 is 23.0. The van der Waals surface area contributed by atoms with E-state index in [9.17, 15) is 8.42 Å². The maximum absolute atomic E-state index is 11.5. The smallest absolute Gasteiger partial charge is 0.248 e. The van der Waals surface area contributed by atoms with E-state index < -0.39 is 9.84 Å². The first-order valence-electron chi connectivity index (χ1n) is 6.04. The third kappa shape index (κ3) is 3.66. The first-order chi connectivity index (χ1) is 8.25. The summed E-state index contributed by atoms with van der Waals surface area (Å²) in [5.41, 5.74) is 0.663. The number of aryl methyl sites for hydroxylation is 1. The van der Waals surface area contributed by atoms with E-state index >= 15 is 0 Å². The highest BCUT2D eigenvalue weighted by molar-refractivity contribution is 7.90. The largest absolute Gasteiger partial charge is 0.357 e. The van der Waals surface area contributed by atoms with E-state index in [1.54, 1.807) is 13.0 Å². The lowest BCUT2D eigenvalue weighted by atomic mass is 10.2. The number of rotatable bonds is 5. The maximum atomic E-state index is 11.5. The summed E-state index contributed by atoms with van der Waals surface area (Å²) in [5, 5.41) is -0.104. The molecule has 18 heavy (non-hydrogen) atoms. The van der Waals surface area contributed by atoms with Crippen molar-refractivity contribution in [3.05, 3.63) is 11.8 Å². The second-order valence-corrected chi connectivity index (χ2v) is 6.58. The van der Waals surface area contributed by atoms with Gasteiger partial charge in [-0.2, -0.15) is 0 Å². The number of hydrogen-bond donors (Lipinski definition) is 0. The second kappa shape index (κ2) is 5.65. The summed E-state index contributed by atoms with van der Waals surface area (Å²) >= 11 is 0. The van der Waals surface area contributed by atoms with E-state index in [0.29, 0.717) is 17.6 Å². The van der Waals surface area contributed by atoms with Gasteiger partial charge in [0.15, 0.2) is 0 Å². The van der Waals surface area contributed by atoms with Crippen LogP contribution in [0.15, 0.2) is 11.2 Å². The zero-order chi connectivity index (χ0) is 13.9. The third-order valence-corrected chi connectivity index (χ3v) is 3.73. The molecule has 0 saturated heterocycles. The molecular weight excluding hydrogens is 250 g/mol. The molecule has 1 atom stereocenters. The Morgan fingerprint density at radius 3 is 2.50 bits per heavy atom. The Labute approximate surface area is 109 Å². The van der Waals surface area contributed by atoms with Gasteiger partial charge in [-0.05, 0) is 20.3 Å². The number of aromatic nitrogens is 2. The molecule has 1 rings (SSSR count). The minimum absolute atomic E-state index is 0.104. The molecule has 0 N–H and O–H groups in total. The molecule has 0 bridgehead atoms. The van der Waals surface area contributed by atoms with Crippen molar-refractivity contribution in [2.45, 2.75) is 44.8 Å². The molecule has 6 heteroatoms. The van der Waals surface area contributed by atoms with Crippen LogP contribution in [0, 0.1) is 6.92 Å². The van der Waals surface area contributed by atoms with E-state index in [1.807, 2.05) is 11.9 Å². The molecule has 1 aromatic heterocycles. The first-order valence-corrected chi connectivity index (χ1v) is 7.93. The van der Waals surface area contributed by atoms with Gasteiger partial charge >= 0.3 is 0 Å². The van der Waals surface area contributed by atoms with E-state index in [-0.39, 0.29) is 5.16 Å². The van der Waals surface area contributed by atoms with Crippen LogP contribution in [0.5, 0.6) is 0 Å². The standard InChI is InChI=1S/C12H21N3O2S/c1-6-7-10(3)15(4)11-8-9(2)13-12(14-11)18(5,16)17/h8,10H,6-7H2,1-5H3. The highest BCUT2D eigenvalue weighted by Gasteiger charge is 2.17. The fourth-order valence-electron chi connectivity index (χ4n) is 1.71. The summed E-state index contributed by atoms with van der Waals surface area (Å²) in [6.07, 6.45) is 3.24. The molecule has 0 fully saturated rings. The minimum Gasteiger partial charge on any atom is -0.357 e. The van der Waals surface area contributed by atoms with Gasteiger partial charge in [-0.1, -0.05) is 13.3 Å². The maximum Gasteiger partial charge on any atom is 0.248 e. The summed E-state index contributed by atoms with van der Waals surface area (Å²) in [4.78, 5) is 10.1. The van der Waals surface area contributed by atoms with Crippen molar-refractivity contribution >= 4 is 15.7 Å².